The predicted octanol–water partition coefficient (Wildman–Crippen LogP) is 3.94. The number of nitrogens with one attached hydrogen (secondary N) is 1. The fourth-order valence-electron chi connectivity index (χ4n) is 1.60. The maximum Gasteiger partial charge on any atom is 0.261 e. The first kappa shape index (κ1) is 16.4. The molecule has 0 fully saturated rings. The molecule has 8 heteroatoms. The fourth-order valence-corrected chi connectivity index (χ4v) is 3.40. The van der Waals surface area contributed by atoms with Crippen LogP contribution in [-0.2, 0) is 16.6 Å². The third-order valence-corrected chi connectivity index (χ3v) is 4.96. The molecule has 0 spiro atoms. The molecule has 0 aliphatic heterocycles. The Morgan fingerprint density at radius 1 is 1.00 bits per heavy atom. The van der Waals surface area contributed by atoms with Gasteiger partial charge >= 0.3 is 0 Å². The van der Waals surface area contributed by atoms with Gasteiger partial charge in [0.05, 0.1) is 22.2 Å². The Labute approximate surface area is 137 Å². The maximum absolute atomic E-state index is 12.3. The van der Waals surface area contributed by atoms with E-state index in [0.29, 0.717) is 10.6 Å². The van der Waals surface area contributed by atoms with Crippen LogP contribution in [0.5, 0.6) is 0 Å². The number of sulfonamides is 1. The summed E-state index contributed by atoms with van der Waals surface area (Å²) >= 11 is 17.6. The summed E-state index contributed by atoms with van der Waals surface area (Å²) in [5.74, 6) is 0. The molecule has 21 heavy (non-hydrogen) atoms. The molecule has 0 bridgehead atoms. The third-order valence-electron chi connectivity index (χ3n) is 2.68. The van der Waals surface area contributed by atoms with Crippen LogP contribution in [0, 0.1) is 0 Å². The highest BCUT2D eigenvalue weighted by Gasteiger charge is 2.17. The van der Waals surface area contributed by atoms with E-state index in [1.54, 1.807) is 6.07 Å². The molecular formula is C13H10Cl3NO3S. The number of rotatable bonds is 4. The number of hydrogen-bond acceptors (Lipinski definition) is 3. The van der Waals surface area contributed by atoms with Crippen molar-refractivity contribution < 1.29 is 13.5 Å². The van der Waals surface area contributed by atoms with Crippen molar-refractivity contribution in [3.8, 4) is 0 Å². The van der Waals surface area contributed by atoms with Crippen LogP contribution < -0.4 is 4.72 Å². The van der Waals surface area contributed by atoms with Crippen molar-refractivity contribution in [1.82, 2.24) is 0 Å². The first-order chi connectivity index (χ1) is 9.83. The number of aliphatic hydroxyl groups excluding tert-OH is 1. The minimum atomic E-state index is -3.86. The second kappa shape index (κ2) is 6.42. The molecule has 0 saturated heterocycles. The number of aliphatic hydroxyl groups is 1. The summed E-state index contributed by atoms with van der Waals surface area (Å²) in [6.45, 7) is -0.271. The van der Waals surface area contributed by atoms with E-state index in [1.165, 1.54) is 30.3 Å². The molecule has 0 saturated carbocycles. The Morgan fingerprint density at radius 3 is 2.33 bits per heavy atom. The second-order valence-electron chi connectivity index (χ2n) is 4.14. The molecule has 0 amide bonds. The van der Waals surface area contributed by atoms with Gasteiger partial charge in [0.2, 0.25) is 0 Å². The Kier molecular flexibility index (Phi) is 5.01. The van der Waals surface area contributed by atoms with Gasteiger partial charge in [-0.3, -0.25) is 4.72 Å². The fraction of sp³-hybridized carbons (Fsp3) is 0.0769. The van der Waals surface area contributed by atoms with Crippen LogP contribution in [0.4, 0.5) is 5.69 Å². The van der Waals surface area contributed by atoms with Gasteiger partial charge in [0.15, 0.2) is 0 Å². The highest BCUT2D eigenvalue weighted by atomic mass is 35.5. The molecule has 0 aromatic heterocycles. The zero-order valence-electron chi connectivity index (χ0n) is 10.5. The molecule has 0 aliphatic rings. The molecule has 2 rings (SSSR count). The summed E-state index contributed by atoms with van der Waals surface area (Å²) in [5.41, 5.74) is 0.614. The van der Waals surface area contributed by atoms with Gasteiger partial charge in [-0.1, -0.05) is 40.9 Å². The van der Waals surface area contributed by atoms with Gasteiger partial charge in [-0.2, -0.15) is 0 Å². The Morgan fingerprint density at radius 2 is 1.71 bits per heavy atom. The minimum Gasteiger partial charge on any atom is -0.392 e. The molecule has 0 unspecified atom stereocenters. The van der Waals surface area contributed by atoms with Crippen LogP contribution in [0.25, 0.3) is 0 Å². The van der Waals surface area contributed by atoms with E-state index in [2.05, 4.69) is 4.72 Å². The first-order valence-corrected chi connectivity index (χ1v) is 8.32. The zero-order valence-corrected chi connectivity index (χ0v) is 13.6. The lowest BCUT2D eigenvalue weighted by atomic mass is 10.2. The first-order valence-electron chi connectivity index (χ1n) is 5.70. The normalized spacial score (nSPS) is 11.4. The quantitative estimate of drug-likeness (QED) is 0.861. The zero-order chi connectivity index (χ0) is 15.6. The molecular weight excluding hydrogens is 357 g/mol. The van der Waals surface area contributed by atoms with Crippen molar-refractivity contribution in [1.29, 1.82) is 0 Å². The molecule has 2 N–H and O–H groups in total. The van der Waals surface area contributed by atoms with E-state index in [9.17, 15) is 8.42 Å². The molecule has 0 heterocycles. The van der Waals surface area contributed by atoms with E-state index >= 15 is 0 Å². The van der Waals surface area contributed by atoms with Gasteiger partial charge in [0.1, 0.15) is 0 Å². The van der Waals surface area contributed by atoms with Crippen molar-refractivity contribution >= 4 is 50.5 Å². The van der Waals surface area contributed by atoms with Gasteiger partial charge in [0.25, 0.3) is 10.0 Å². The van der Waals surface area contributed by atoms with Crippen molar-refractivity contribution in [3.63, 3.8) is 0 Å². The minimum absolute atomic E-state index is 0.0410. The summed E-state index contributed by atoms with van der Waals surface area (Å²) in [6.07, 6.45) is 0. The monoisotopic (exact) mass is 365 g/mol. The SMILES string of the molecule is O=S(=O)(Nc1cc(Cl)ccc1Cl)c1ccc(CO)c(Cl)c1. The van der Waals surface area contributed by atoms with Gasteiger partial charge < -0.3 is 5.11 Å². The van der Waals surface area contributed by atoms with Crippen molar-refractivity contribution in [2.45, 2.75) is 11.5 Å². The smallest absolute Gasteiger partial charge is 0.261 e. The molecule has 2 aromatic carbocycles. The van der Waals surface area contributed by atoms with Gasteiger partial charge in [-0.25, -0.2) is 8.42 Å². The number of benzene rings is 2. The van der Waals surface area contributed by atoms with Crippen LogP contribution in [0.2, 0.25) is 15.1 Å². The molecule has 4 nitrogen and oxygen atoms in total. The highest BCUT2D eigenvalue weighted by molar-refractivity contribution is 7.92. The van der Waals surface area contributed by atoms with Crippen LogP contribution in [0.1, 0.15) is 5.56 Å². The Hall–Kier alpha value is -0.980. The summed E-state index contributed by atoms with van der Waals surface area (Å²) in [6, 6.07) is 8.49. The lowest BCUT2D eigenvalue weighted by molar-refractivity contribution is 0.282. The lowest BCUT2D eigenvalue weighted by Crippen LogP contribution is -2.13. The molecule has 0 aliphatic carbocycles. The number of hydrogen-bond donors (Lipinski definition) is 2. The predicted molar refractivity (Wildman–Crippen MR) is 84.6 cm³/mol. The van der Waals surface area contributed by atoms with E-state index < -0.39 is 10.0 Å². The molecule has 0 atom stereocenters. The third kappa shape index (κ3) is 3.81. The number of halogens is 3. The average molecular weight is 367 g/mol. The van der Waals surface area contributed by atoms with E-state index in [-0.39, 0.29) is 27.2 Å². The van der Waals surface area contributed by atoms with Gasteiger partial charge in [-0.15, -0.1) is 0 Å². The van der Waals surface area contributed by atoms with Gasteiger partial charge in [-0.05, 0) is 35.9 Å². The molecule has 2 aromatic rings. The standard InChI is InChI=1S/C13H10Cl3NO3S/c14-9-2-4-11(15)13(5-9)17-21(19,20)10-3-1-8(7-18)12(16)6-10/h1-6,17-18H,7H2. The maximum atomic E-state index is 12.3. The number of anilines is 1. The molecule has 112 valence electrons. The van der Waals surface area contributed by atoms with E-state index in [0.717, 1.165) is 0 Å². The van der Waals surface area contributed by atoms with E-state index in [4.69, 9.17) is 39.9 Å². The van der Waals surface area contributed by atoms with Crippen molar-refractivity contribution in [2.24, 2.45) is 0 Å². The van der Waals surface area contributed by atoms with Crippen LogP contribution in [-0.4, -0.2) is 13.5 Å². The van der Waals surface area contributed by atoms with Gasteiger partial charge in [0, 0.05) is 10.0 Å². The highest BCUT2D eigenvalue weighted by Crippen LogP contribution is 2.28. The summed E-state index contributed by atoms with van der Waals surface area (Å²) in [4.78, 5) is -0.0410. The summed E-state index contributed by atoms with van der Waals surface area (Å²) in [5, 5.41) is 9.77. The van der Waals surface area contributed by atoms with Crippen molar-refractivity contribution in [2.75, 3.05) is 4.72 Å². The topological polar surface area (TPSA) is 66.4 Å². The average Bonchev–Trinajstić information content (AvgIpc) is 2.42. The van der Waals surface area contributed by atoms with Crippen LogP contribution in [0.15, 0.2) is 41.3 Å². The largest absolute Gasteiger partial charge is 0.392 e. The van der Waals surface area contributed by atoms with E-state index in [1.807, 2.05) is 0 Å². The summed E-state index contributed by atoms with van der Waals surface area (Å²) < 4.78 is 26.9. The van der Waals surface area contributed by atoms with Crippen molar-refractivity contribution in [3.05, 3.63) is 57.0 Å². The van der Waals surface area contributed by atoms with Crippen LogP contribution in [0.3, 0.4) is 0 Å². The second-order valence-corrected chi connectivity index (χ2v) is 7.07. The Bertz CT molecular complexity index is 778. The Balaban J connectivity index is 2.38. The van der Waals surface area contributed by atoms with Crippen LogP contribution >= 0.6 is 34.8 Å². The summed E-state index contributed by atoms with van der Waals surface area (Å²) in [7, 11) is -3.86. The molecule has 0 radical (unpaired) electrons. The lowest BCUT2D eigenvalue weighted by Gasteiger charge is -2.11.